The molecule has 8 nitrogen and oxygen atoms in total. The van der Waals surface area contributed by atoms with Gasteiger partial charge < -0.3 is 20.6 Å². The lowest BCUT2D eigenvalue weighted by Crippen LogP contribution is -2.47. The normalized spacial score (nSPS) is 15.0. The van der Waals surface area contributed by atoms with Crippen molar-refractivity contribution in [1.29, 1.82) is 0 Å². The summed E-state index contributed by atoms with van der Waals surface area (Å²) in [6.07, 6.45) is 6.20. The summed E-state index contributed by atoms with van der Waals surface area (Å²) in [4.78, 5) is 25.1. The molecule has 1 aliphatic rings. The van der Waals surface area contributed by atoms with Crippen molar-refractivity contribution in [3.05, 3.63) is 77.0 Å². The molecule has 36 heavy (non-hydrogen) atoms. The molecule has 1 amide bonds. The van der Waals surface area contributed by atoms with Crippen LogP contribution >= 0.6 is 11.6 Å². The standard InChI is InChI=1S/C27H31ClN6O2/c1-2-4-22(18-29-19-36)21-7-8-25-24(16-21)26(30-17-20-5-3-6-23(28)15-20)32-27(31-25)34-11-9-33(10-12-34)13-14-35/h2-8,15-16,18-19,35H,9-14,17H2,1H3,(H,29,36)(H,30,31,32)/b4-2-,22-18+. The van der Waals surface area contributed by atoms with E-state index in [1.807, 2.05) is 61.5 Å². The van der Waals surface area contributed by atoms with E-state index in [0.717, 1.165) is 59.6 Å². The molecule has 1 aliphatic heterocycles. The van der Waals surface area contributed by atoms with Crippen molar-refractivity contribution in [2.75, 3.05) is 49.5 Å². The molecule has 2 aromatic carbocycles. The van der Waals surface area contributed by atoms with Crippen molar-refractivity contribution in [2.24, 2.45) is 0 Å². The number of carbonyl (C=O) groups excluding carboxylic acids is 1. The third-order valence-corrected chi connectivity index (χ3v) is 6.33. The van der Waals surface area contributed by atoms with E-state index in [0.29, 0.717) is 30.5 Å². The molecule has 0 atom stereocenters. The van der Waals surface area contributed by atoms with Crippen LogP contribution in [0.15, 0.2) is 60.8 Å². The summed E-state index contributed by atoms with van der Waals surface area (Å²) in [7, 11) is 0. The number of aromatic nitrogens is 2. The number of hydrogen-bond acceptors (Lipinski definition) is 7. The predicted molar refractivity (Wildman–Crippen MR) is 146 cm³/mol. The van der Waals surface area contributed by atoms with Crippen molar-refractivity contribution >= 4 is 46.3 Å². The molecule has 3 aromatic rings. The molecule has 4 rings (SSSR count). The number of amides is 1. The molecule has 188 valence electrons. The van der Waals surface area contributed by atoms with Crippen LogP contribution in [0.2, 0.25) is 5.02 Å². The minimum atomic E-state index is 0.165. The van der Waals surface area contributed by atoms with E-state index in [9.17, 15) is 9.90 Å². The predicted octanol–water partition coefficient (Wildman–Crippen LogP) is 3.67. The smallest absolute Gasteiger partial charge is 0.227 e. The van der Waals surface area contributed by atoms with Gasteiger partial charge in [-0.3, -0.25) is 9.69 Å². The van der Waals surface area contributed by atoms with E-state index in [4.69, 9.17) is 21.6 Å². The van der Waals surface area contributed by atoms with E-state index in [2.05, 4.69) is 20.4 Å². The highest BCUT2D eigenvalue weighted by Crippen LogP contribution is 2.28. The average molecular weight is 507 g/mol. The number of carbonyl (C=O) groups is 1. The zero-order valence-corrected chi connectivity index (χ0v) is 21.1. The number of anilines is 2. The van der Waals surface area contributed by atoms with Crippen LogP contribution in [-0.2, 0) is 11.3 Å². The summed E-state index contributed by atoms with van der Waals surface area (Å²) in [5.74, 6) is 1.41. The van der Waals surface area contributed by atoms with Crippen LogP contribution in [0.1, 0.15) is 18.1 Å². The molecular formula is C27H31ClN6O2. The molecule has 3 N–H and O–H groups in total. The Kier molecular flexibility index (Phi) is 8.89. The second-order valence-corrected chi connectivity index (χ2v) is 8.96. The molecule has 0 bridgehead atoms. The quantitative estimate of drug-likeness (QED) is 0.285. The Morgan fingerprint density at radius 1 is 1.14 bits per heavy atom. The lowest BCUT2D eigenvalue weighted by molar-refractivity contribution is -0.108. The van der Waals surface area contributed by atoms with Gasteiger partial charge in [0, 0.05) is 55.9 Å². The number of β-amino-alcohol motifs (C(OH)–C–C–N with tert-alkyl or cyclic N) is 1. The highest BCUT2D eigenvalue weighted by Gasteiger charge is 2.20. The van der Waals surface area contributed by atoms with E-state index in [1.165, 1.54) is 0 Å². The second kappa shape index (κ2) is 12.5. The van der Waals surface area contributed by atoms with Crippen LogP contribution in [0.5, 0.6) is 0 Å². The number of benzene rings is 2. The van der Waals surface area contributed by atoms with Gasteiger partial charge in [-0.1, -0.05) is 42.0 Å². The molecule has 0 saturated carbocycles. The average Bonchev–Trinajstić information content (AvgIpc) is 2.90. The number of aliphatic hydroxyl groups is 1. The first-order valence-electron chi connectivity index (χ1n) is 12.0. The third kappa shape index (κ3) is 6.40. The largest absolute Gasteiger partial charge is 0.395 e. The Bertz CT molecular complexity index is 1250. The first-order chi connectivity index (χ1) is 17.6. The van der Waals surface area contributed by atoms with Gasteiger partial charge in [0.1, 0.15) is 5.82 Å². The number of halogens is 1. The highest BCUT2D eigenvalue weighted by atomic mass is 35.5. The SMILES string of the molecule is C/C=C\C(=C/NC=O)c1ccc2nc(N3CCN(CCO)CC3)nc(NCc3cccc(Cl)c3)c2c1. The lowest BCUT2D eigenvalue weighted by atomic mass is 10.0. The molecule has 2 heterocycles. The van der Waals surface area contributed by atoms with Crippen molar-refractivity contribution in [3.63, 3.8) is 0 Å². The van der Waals surface area contributed by atoms with Gasteiger partial charge in [0.15, 0.2) is 0 Å². The first kappa shape index (κ1) is 25.6. The number of hydrogen-bond donors (Lipinski definition) is 3. The van der Waals surface area contributed by atoms with Crippen LogP contribution in [0.3, 0.4) is 0 Å². The number of aliphatic hydroxyl groups excluding tert-OH is 1. The second-order valence-electron chi connectivity index (χ2n) is 8.52. The van der Waals surface area contributed by atoms with Gasteiger partial charge in [-0.25, -0.2) is 4.98 Å². The van der Waals surface area contributed by atoms with Gasteiger partial charge in [0.25, 0.3) is 0 Å². The molecule has 9 heteroatoms. The van der Waals surface area contributed by atoms with Gasteiger partial charge in [0.2, 0.25) is 12.4 Å². The van der Waals surface area contributed by atoms with Gasteiger partial charge in [0.05, 0.1) is 12.1 Å². The fourth-order valence-electron chi connectivity index (χ4n) is 4.25. The van der Waals surface area contributed by atoms with Gasteiger partial charge in [-0.05, 0) is 47.9 Å². The van der Waals surface area contributed by atoms with Crippen LogP contribution in [0, 0.1) is 0 Å². The molecule has 0 spiro atoms. The summed E-state index contributed by atoms with van der Waals surface area (Å²) in [5.41, 5.74) is 3.69. The zero-order chi connectivity index (χ0) is 25.3. The fourth-order valence-corrected chi connectivity index (χ4v) is 4.46. The van der Waals surface area contributed by atoms with Crippen molar-refractivity contribution < 1.29 is 9.90 Å². The highest BCUT2D eigenvalue weighted by molar-refractivity contribution is 6.30. The number of nitrogens with zero attached hydrogens (tertiary/aromatic N) is 4. The number of rotatable bonds is 10. The van der Waals surface area contributed by atoms with Gasteiger partial charge >= 0.3 is 0 Å². The lowest BCUT2D eigenvalue weighted by Gasteiger charge is -2.34. The van der Waals surface area contributed by atoms with E-state index in [-0.39, 0.29) is 6.61 Å². The number of allylic oxidation sites excluding steroid dienone is 3. The maximum absolute atomic E-state index is 10.9. The van der Waals surface area contributed by atoms with Crippen LogP contribution < -0.4 is 15.5 Å². The maximum Gasteiger partial charge on any atom is 0.227 e. The summed E-state index contributed by atoms with van der Waals surface area (Å²) >= 11 is 6.19. The maximum atomic E-state index is 10.9. The molecule has 0 unspecified atom stereocenters. The Labute approximate surface area is 216 Å². The summed E-state index contributed by atoms with van der Waals surface area (Å²) in [6, 6.07) is 13.8. The molecule has 1 fully saturated rings. The van der Waals surface area contributed by atoms with Gasteiger partial charge in [-0.15, -0.1) is 0 Å². The van der Waals surface area contributed by atoms with Gasteiger partial charge in [-0.2, -0.15) is 4.98 Å². The van der Waals surface area contributed by atoms with Crippen LogP contribution in [0.4, 0.5) is 11.8 Å². The van der Waals surface area contributed by atoms with Crippen LogP contribution in [-0.4, -0.2) is 65.7 Å². The Morgan fingerprint density at radius 3 is 2.69 bits per heavy atom. The van der Waals surface area contributed by atoms with Crippen molar-refractivity contribution in [2.45, 2.75) is 13.5 Å². The van der Waals surface area contributed by atoms with Crippen LogP contribution in [0.25, 0.3) is 16.5 Å². The minimum Gasteiger partial charge on any atom is -0.395 e. The minimum absolute atomic E-state index is 0.165. The van der Waals surface area contributed by atoms with Crippen molar-refractivity contribution in [3.8, 4) is 0 Å². The number of fused-ring (bicyclic) bond motifs is 1. The summed E-state index contributed by atoms with van der Waals surface area (Å²) < 4.78 is 0. The molecule has 1 saturated heterocycles. The summed E-state index contributed by atoms with van der Waals surface area (Å²) in [5, 5.41) is 16.9. The summed E-state index contributed by atoms with van der Waals surface area (Å²) in [6.45, 7) is 6.64. The molecule has 1 aromatic heterocycles. The first-order valence-corrected chi connectivity index (χ1v) is 12.4. The van der Waals surface area contributed by atoms with E-state index < -0.39 is 0 Å². The number of piperazine rings is 1. The topological polar surface area (TPSA) is 93.6 Å². The monoisotopic (exact) mass is 506 g/mol. The van der Waals surface area contributed by atoms with E-state index in [1.54, 1.807) is 6.20 Å². The van der Waals surface area contributed by atoms with Crippen molar-refractivity contribution in [1.82, 2.24) is 20.2 Å². The molecule has 0 radical (unpaired) electrons. The Hall–Kier alpha value is -3.46. The molecule has 0 aliphatic carbocycles. The number of nitrogens with one attached hydrogen (secondary N) is 2. The van der Waals surface area contributed by atoms with E-state index >= 15 is 0 Å². The third-order valence-electron chi connectivity index (χ3n) is 6.09. The fraction of sp³-hybridized carbons (Fsp3) is 0.296. The molecular weight excluding hydrogens is 476 g/mol. The Morgan fingerprint density at radius 2 is 1.97 bits per heavy atom. The Balaban J connectivity index is 1.70. The zero-order valence-electron chi connectivity index (χ0n) is 20.3.